The number of nitrogens with one attached hydrogen (secondary N) is 2. The average Bonchev–Trinajstić information content (AvgIpc) is 3.26. The molecule has 0 radical (unpaired) electrons. The fourth-order valence-corrected chi connectivity index (χ4v) is 4.93. The summed E-state index contributed by atoms with van der Waals surface area (Å²) >= 11 is 3.61. The highest BCUT2D eigenvalue weighted by molar-refractivity contribution is 9.10. The second-order valence-electron chi connectivity index (χ2n) is 7.77. The maximum Gasteiger partial charge on any atom is 0.124 e. The van der Waals surface area contributed by atoms with Crippen molar-refractivity contribution in [2.24, 2.45) is 5.92 Å². The molecule has 1 saturated heterocycles. The molecule has 1 heterocycles. The fraction of sp³-hybridized carbons (Fsp3) is 0.250. The molecule has 0 aromatic heterocycles. The van der Waals surface area contributed by atoms with Crippen LogP contribution in [-0.2, 0) is 13.0 Å². The smallest absolute Gasteiger partial charge is 0.124 e. The molecule has 2 aliphatic rings. The number of rotatable bonds is 4. The highest BCUT2D eigenvalue weighted by Gasteiger charge is 2.43. The first kappa shape index (κ1) is 17.9. The minimum absolute atomic E-state index is 0.224. The lowest BCUT2D eigenvalue weighted by Crippen LogP contribution is -2.27. The number of hydrogen-bond donors (Lipinski definition) is 2. The van der Waals surface area contributed by atoms with E-state index < -0.39 is 0 Å². The third-order valence-corrected chi connectivity index (χ3v) is 6.38. The summed E-state index contributed by atoms with van der Waals surface area (Å²) in [6, 6.07) is 24.0. The van der Waals surface area contributed by atoms with Gasteiger partial charge in [0, 0.05) is 16.0 Å². The Morgan fingerprint density at radius 3 is 2.54 bits per heavy atom. The lowest BCUT2D eigenvalue weighted by atomic mass is 9.89. The number of hydrazine groups is 1. The number of fused-ring (bicyclic) bond motifs is 3. The summed E-state index contributed by atoms with van der Waals surface area (Å²) in [5.41, 5.74) is 13.6. The number of aryl methyl sites for hydroxylation is 1. The standard InChI is InChI=1S/C24H23BrN2O/c1-15-7-10-22(28-14-16-5-3-2-4-6-16)20(11-15)24-21-13-17-12-18(25)8-9-19(17)23(21)26-27-24/h2-12,21,23-24,26-27H,13-14H2,1H3. The molecule has 0 saturated carbocycles. The van der Waals surface area contributed by atoms with Crippen molar-refractivity contribution in [2.45, 2.75) is 32.0 Å². The van der Waals surface area contributed by atoms with Gasteiger partial charge in [-0.15, -0.1) is 0 Å². The molecular formula is C24H23BrN2O. The van der Waals surface area contributed by atoms with Gasteiger partial charge < -0.3 is 4.74 Å². The molecule has 0 spiro atoms. The quantitative estimate of drug-likeness (QED) is 0.576. The van der Waals surface area contributed by atoms with Crippen LogP contribution in [0.15, 0.2) is 71.2 Å². The molecule has 2 N–H and O–H groups in total. The Kier molecular flexibility index (Phi) is 4.71. The van der Waals surface area contributed by atoms with Crippen LogP contribution in [0.3, 0.4) is 0 Å². The van der Waals surface area contributed by atoms with Crippen molar-refractivity contribution in [3.63, 3.8) is 0 Å². The molecule has 3 aromatic rings. The Morgan fingerprint density at radius 2 is 1.71 bits per heavy atom. The van der Waals surface area contributed by atoms with Gasteiger partial charge in [0.25, 0.3) is 0 Å². The largest absolute Gasteiger partial charge is 0.489 e. The number of hydrogen-bond acceptors (Lipinski definition) is 3. The highest BCUT2D eigenvalue weighted by atomic mass is 79.9. The van der Waals surface area contributed by atoms with Gasteiger partial charge in [0.05, 0.1) is 12.1 Å². The van der Waals surface area contributed by atoms with E-state index in [2.05, 4.69) is 94.4 Å². The van der Waals surface area contributed by atoms with Crippen LogP contribution in [0, 0.1) is 12.8 Å². The third kappa shape index (κ3) is 3.26. The number of ether oxygens (including phenoxy) is 1. The van der Waals surface area contributed by atoms with E-state index in [1.807, 2.05) is 6.07 Å². The molecule has 0 amide bonds. The SMILES string of the molecule is Cc1ccc(OCc2ccccc2)c(C2NNC3c4ccc(Br)cc4CC32)c1. The van der Waals surface area contributed by atoms with Gasteiger partial charge in [-0.05, 0) is 48.2 Å². The van der Waals surface area contributed by atoms with E-state index in [1.54, 1.807) is 0 Å². The lowest BCUT2D eigenvalue weighted by Gasteiger charge is -2.21. The van der Waals surface area contributed by atoms with Gasteiger partial charge in [0.2, 0.25) is 0 Å². The molecule has 3 atom stereocenters. The Hall–Kier alpha value is -2.14. The first-order valence-corrected chi connectivity index (χ1v) is 10.5. The zero-order chi connectivity index (χ0) is 19.1. The van der Waals surface area contributed by atoms with E-state index in [9.17, 15) is 0 Å². The van der Waals surface area contributed by atoms with Gasteiger partial charge in [-0.25, -0.2) is 10.9 Å². The normalized spacial score (nSPS) is 22.7. The minimum Gasteiger partial charge on any atom is -0.489 e. The van der Waals surface area contributed by atoms with Crippen LogP contribution in [0.25, 0.3) is 0 Å². The van der Waals surface area contributed by atoms with Gasteiger partial charge in [-0.2, -0.15) is 0 Å². The van der Waals surface area contributed by atoms with Gasteiger partial charge >= 0.3 is 0 Å². The molecule has 5 rings (SSSR count). The highest BCUT2D eigenvalue weighted by Crippen LogP contribution is 2.48. The molecule has 28 heavy (non-hydrogen) atoms. The monoisotopic (exact) mass is 434 g/mol. The van der Waals surface area contributed by atoms with E-state index in [4.69, 9.17) is 4.74 Å². The molecular weight excluding hydrogens is 412 g/mol. The van der Waals surface area contributed by atoms with Gasteiger partial charge in [-0.1, -0.05) is 70.0 Å². The topological polar surface area (TPSA) is 33.3 Å². The maximum atomic E-state index is 6.26. The molecule has 1 aliphatic carbocycles. The van der Waals surface area contributed by atoms with Crippen LogP contribution in [0.4, 0.5) is 0 Å². The zero-order valence-electron chi connectivity index (χ0n) is 15.8. The minimum atomic E-state index is 0.224. The molecule has 3 unspecified atom stereocenters. The predicted octanol–water partition coefficient (Wildman–Crippen LogP) is 5.40. The van der Waals surface area contributed by atoms with Crippen molar-refractivity contribution in [2.75, 3.05) is 0 Å². The number of halogens is 1. The van der Waals surface area contributed by atoms with Crippen molar-refractivity contribution < 1.29 is 4.74 Å². The molecule has 0 bridgehead atoms. The summed E-state index contributed by atoms with van der Waals surface area (Å²) in [5.74, 6) is 1.44. The lowest BCUT2D eigenvalue weighted by molar-refractivity contribution is 0.296. The summed E-state index contributed by atoms with van der Waals surface area (Å²) in [6.45, 7) is 2.73. The Morgan fingerprint density at radius 1 is 0.929 bits per heavy atom. The maximum absolute atomic E-state index is 6.26. The predicted molar refractivity (Wildman–Crippen MR) is 115 cm³/mol. The van der Waals surface area contributed by atoms with Crippen LogP contribution in [-0.4, -0.2) is 0 Å². The van der Waals surface area contributed by atoms with Crippen LogP contribution in [0.1, 0.15) is 39.9 Å². The van der Waals surface area contributed by atoms with Crippen molar-refractivity contribution in [3.8, 4) is 5.75 Å². The molecule has 3 aromatic carbocycles. The molecule has 4 heteroatoms. The first-order valence-electron chi connectivity index (χ1n) is 9.76. The molecule has 3 nitrogen and oxygen atoms in total. The second kappa shape index (κ2) is 7.36. The van der Waals surface area contributed by atoms with Gasteiger partial charge in [0.1, 0.15) is 12.4 Å². The Balaban J connectivity index is 1.43. The summed E-state index contributed by atoms with van der Waals surface area (Å²) < 4.78 is 7.41. The van der Waals surface area contributed by atoms with E-state index in [0.29, 0.717) is 18.6 Å². The van der Waals surface area contributed by atoms with E-state index in [1.165, 1.54) is 27.8 Å². The Labute approximate surface area is 174 Å². The first-order chi connectivity index (χ1) is 13.7. The summed E-state index contributed by atoms with van der Waals surface area (Å²) in [5, 5.41) is 0. The third-order valence-electron chi connectivity index (χ3n) is 5.88. The van der Waals surface area contributed by atoms with E-state index in [0.717, 1.165) is 16.6 Å². The van der Waals surface area contributed by atoms with Crippen molar-refractivity contribution >= 4 is 15.9 Å². The fourth-order valence-electron chi connectivity index (χ4n) is 4.52. The summed E-state index contributed by atoms with van der Waals surface area (Å²) in [4.78, 5) is 0. The van der Waals surface area contributed by atoms with E-state index in [-0.39, 0.29) is 6.04 Å². The summed E-state index contributed by atoms with van der Waals surface area (Å²) in [6.07, 6.45) is 1.07. The molecule has 1 fully saturated rings. The van der Waals surface area contributed by atoms with Crippen LogP contribution >= 0.6 is 15.9 Å². The summed E-state index contributed by atoms with van der Waals surface area (Å²) in [7, 11) is 0. The average molecular weight is 435 g/mol. The molecule has 142 valence electrons. The number of benzene rings is 3. The van der Waals surface area contributed by atoms with Gasteiger partial charge in [-0.3, -0.25) is 0 Å². The zero-order valence-corrected chi connectivity index (χ0v) is 17.4. The Bertz CT molecular complexity index is 1000. The van der Waals surface area contributed by atoms with Crippen LogP contribution < -0.4 is 15.6 Å². The van der Waals surface area contributed by atoms with Crippen LogP contribution in [0.2, 0.25) is 0 Å². The second-order valence-corrected chi connectivity index (χ2v) is 8.69. The van der Waals surface area contributed by atoms with Crippen LogP contribution in [0.5, 0.6) is 5.75 Å². The van der Waals surface area contributed by atoms with Crippen molar-refractivity contribution in [1.29, 1.82) is 0 Å². The van der Waals surface area contributed by atoms with Gasteiger partial charge in [0.15, 0.2) is 0 Å². The van der Waals surface area contributed by atoms with E-state index >= 15 is 0 Å². The molecule has 1 aliphatic heterocycles. The van der Waals surface area contributed by atoms with Crippen molar-refractivity contribution in [1.82, 2.24) is 10.9 Å². The van der Waals surface area contributed by atoms with Crippen molar-refractivity contribution in [3.05, 3.63) is 99.0 Å².